The Bertz CT molecular complexity index is 765. The maximum absolute atomic E-state index is 12.3. The number of aryl methyl sites for hydroxylation is 2. The highest BCUT2D eigenvalue weighted by Gasteiger charge is 2.29. The van der Waals surface area contributed by atoms with Gasteiger partial charge in [-0.05, 0) is 19.9 Å². The zero-order chi connectivity index (χ0) is 17.3. The van der Waals surface area contributed by atoms with Crippen molar-refractivity contribution in [1.82, 2.24) is 14.5 Å². The molecule has 0 N–H and O–H groups in total. The van der Waals surface area contributed by atoms with E-state index >= 15 is 0 Å². The highest BCUT2D eigenvalue weighted by Crippen LogP contribution is 2.24. The summed E-state index contributed by atoms with van der Waals surface area (Å²) in [6.45, 7) is 5.56. The number of amides is 1. The molecule has 1 fully saturated rings. The first-order valence-electron chi connectivity index (χ1n) is 8.01. The number of ether oxygens (including phenoxy) is 1. The minimum Gasteiger partial charge on any atom is -0.461 e. The van der Waals surface area contributed by atoms with E-state index in [2.05, 4.69) is 4.98 Å². The quantitative estimate of drug-likeness (QED) is 0.780. The summed E-state index contributed by atoms with van der Waals surface area (Å²) in [7, 11) is 1.82. The first-order chi connectivity index (χ1) is 11.5. The van der Waals surface area contributed by atoms with E-state index in [1.807, 2.05) is 32.5 Å². The fourth-order valence-electron chi connectivity index (χ4n) is 2.94. The Kier molecular flexibility index (Phi) is 4.71. The van der Waals surface area contributed by atoms with E-state index in [-0.39, 0.29) is 24.4 Å². The number of aromatic nitrogens is 2. The van der Waals surface area contributed by atoms with Crippen molar-refractivity contribution in [3.8, 4) is 11.3 Å². The summed E-state index contributed by atoms with van der Waals surface area (Å²) in [5.74, 6) is -0.140. The Labute approximate surface area is 145 Å². The van der Waals surface area contributed by atoms with Crippen LogP contribution in [0.1, 0.15) is 28.8 Å². The number of nitrogens with zero attached hydrogens (tertiary/aromatic N) is 3. The number of esters is 1. The Morgan fingerprint density at radius 3 is 2.92 bits per heavy atom. The predicted octanol–water partition coefficient (Wildman–Crippen LogP) is 2.48. The van der Waals surface area contributed by atoms with Crippen LogP contribution in [-0.2, 0) is 16.6 Å². The fraction of sp³-hybridized carbons (Fsp3) is 0.471. The van der Waals surface area contributed by atoms with Gasteiger partial charge < -0.3 is 14.2 Å². The van der Waals surface area contributed by atoms with Crippen LogP contribution in [0, 0.1) is 12.8 Å². The maximum Gasteiger partial charge on any atom is 0.354 e. The lowest BCUT2D eigenvalue weighted by Gasteiger charge is -2.13. The Hall–Kier alpha value is -2.15. The van der Waals surface area contributed by atoms with E-state index in [0.717, 1.165) is 16.3 Å². The van der Waals surface area contributed by atoms with Crippen LogP contribution in [0.5, 0.6) is 0 Å². The van der Waals surface area contributed by atoms with Crippen LogP contribution in [-0.4, -0.2) is 46.0 Å². The summed E-state index contributed by atoms with van der Waals surface area (Å²) in [4.78, 5) is 30.3. The second-order valence-electron chi connectivity index (χ2n) is 6.08. The van der Waals surface area contributed by atoms with Crippen molar-refractivity contribution in [1.29, 1.82) is 0 Å². The molecule has 24 heavy (non-hydrogen) atoms. The van der Waals surface area contributed by atoms with Crippen LogP contribution in [0.2, 0.25) is 0 Å². The Balaban J connectivity index is 1.63. The number of carbonyl (C=O) groups excluding carboxylic acids is 2. The highest BCUT2D eigenvalue weighted by atomic mass is 32.1. The molecule has 0 radical (unpaired) electrons. The van der Waals surface area contributed by atoms with Gasteiger partial charge in [-0.1, -0.05) is 0 Å². The van der Waals surface area contributed by atoms with E-state index < -0.39 is 0 Å². The standard InChI is InChI=1S/C17H21N3O3S/c1-4-20-7-12(5-16(20)21)9-23-17(22)15-6-13(8-19(15)3)14-10-24-11(2)18-14/h6,8,10,12H,4-5,7,9H2,1-3H3/t12-/m1/s1. The summed E-state index contributed by atoms with van der Waals surface area (Å²) in [5, 5.41) is 2.97. The van der Waals surface area contributed by atoms with Crippen molar-refractivity contribution in [2.75, 3.05) is 19.7 Å². The van der Waals surface area contributed by atoms with E-state index in [9.17, 15) is 9.59 Å². The molecule has 0 bridgehead atoms. The Morgan fingerprint density at radius 2 is 2.29 bits per heavy atom. The minimum absolute atomic E-state index is 0.0855. The van der Waals surface area contributed by atoms with Crippen molar-refractivity contribution in [3.63, 3.8) is 0 Å². The van der Waals surface area contributed by atoms with Crippen molar-refractivity contribution in [3.05, 3.63) is 28.3 Å². The van der Waals surface area contributed by atoms with Crippen molar-refractivity contribution in [2.24, 2.45) is 13.0 Å². The number of likely N-dealkylation sites (tertiary alicyclic amines) is 1. The third-order valence-corrected chi connectivity index (χ3v) is 5.03. The van der Waals surface area contributed by atoms with Gasteiger partial charge in [-0.3, -0.25) is 4.79 Å². The molecule has 1 amide bonds. The van der Waals surface area contributed by atoms with Gasteiger partial charge in [0.05, 0.1) is 17.3 Å². The third kappa shape index (κ3) is 3.36. The smallest absolute Gasteiger partial charge is 0.354 e. The number of carbonyl (C=O) groups is 2. The molecule has 1 aliphatic rings. The molecule has 6 nitrogen and oxygen atoms in total. The lowest BCUT2D eigenvalue weighted by molar-refractivity contribution is -0.127. The second-order valence-corrected chi connectivity index (χ2v) is 7.14. The Morgan fingerprint density at radius 1 is 1.50 bits per heavy atom. The molecule has 3 rings (SSSR count). The molecule has 0 saturated carbocycles. The summed E-state index contributed by atoms with van der Waals surface area (Å²) < 4.78 is 7.19. The van der Waals surface area contributed by atoms with Crippen molar-refractivity contribution in [2.45, 2.75) is 20.3 Å². The van der Waals surface area contributed by atoms with Gasteiger partial charge >= 0.3 is 5.97 Å². The lowest BCUT2D eigenvalue weighted by atomic mass is 10.1. The van der Waals surface area contributed by atoms with Crippen LogP contribution in [0.15, 0.2) is 17.6 Å². The fourth-order valence-corrected chi connectivity index (χ4v) is 3.56. The molecule has 7 heteroatoms. The average Bonchev–Trinajstić information content (AvgIpc) is 3.23. The maximum atomic E-state index is 12.3. The first kappa shape index (κ1) is 16.7. The summed E-state index contributed by atoms with van der Waals surface area (Å²) in [6, 6.07) is 1.80. The van der Waals surface area contributed by atoms with Gasteiger partial charge in [0.2, 0.25) is 5.91 Å². The predicted molar refractivity (Wildman–Crippen MR) is 91.9 cm³/mol. The van der Waals surface area contributed by atoms with E-state index in [1.165, 1.54) is 0 Å². The molecular formula is C17H21N3O3S. The molecule has 0 unspecified atom stereocenters. The van der Waals surface area contributed by atoms with Crippen LogP contribution < -0.4 is 0 Å². The molecule has 1 aliphatic heterocycles. The molecule has 2 aromatic heterocycles. The highest BCUT2D eigenvalue weighted by molar-refractivity contribution is 7.09. The summed E-state index contributed by atoms with van der Waals surface area (Å²) in [6.07, 6.45) is 2.33. The van der Waals surface area contributed by atoms with Crippen LogP contribution >= 0.6 is 11.3 Å². The molecule has 3 heterocycles. The van der Waals surface area contributed by atoms with Crippen LogP contribution in [0.25, 0.3) is 11.3 Å². The lowest BCUT2D eigenvalue weighted by Crippen LogP contribution is -2.25. The third-order valence-electron chi connectivity index (χ3n) is 4.26. The van der Waals surface area contributed by atoms with Gasteiger partial charge in [0, 0.05) is 49.6 Å². The largest absolute Gasteiger partial charge is 0.461 e. The minimum atomic E-state index is -0.363. The molecule has 0 aromatic carbocycles. The average molecular weight is 347 g/mol. The topological polar surface area (TPSA) is 64.4 Å². The van der Waals surface area contributed by atoms with Gasteiger partial charge in [0.25, 0.3) is 0 Å². The van der Waals surface area contributed by atoms with Crippen molar-refractivity contribution >= 4 is 23.2 Å². The first-order valence-corrected chi connectivity index (χ1v) is 8.89. The van der Waals surface area contributed by atoms with Crippen LogP contribution in [0.4, 0.5) is 0 Å². The van der Waals surface area contributed by atoms with E-state index in [4.69, 9.17) is 4.74 Å². The van der Waals surface area contributed by atoms with Gasteiger partial charge in [0.15, 0.2) is 0 Å². The molecule has 0 aliphatic carbocycles. The SMILES string of the molecule is CCN1C[C@H](COC(=O)c2cc(-c3csc(C)n3)cn2C)CC1=O. The van der Waals surface area contributed by atoms with Gasteiger partial charge in [0.1, 0.15) is 5.69 Å². The number of hydrogen-bond donors (Lipinski definition) is 0. The molecular weight excluding hydrogens is 326 g/mol. The van der Waals surface area contributed by atoms with E-state index in [0.29, 0.717) is 25.2 Å². The summed E-state index contributed by atoms with van der Waals surface area (Å²) >= 11 is 1.58. The van der Waals surface area contributed by atoms with Gasteiger partial charge in [-0.2, -0.15) is 0 Å². The van der Waals surface area contributed by atoms with Crippen LogP contribution in [0.3, 0.4) is 0 Å². The monoisotopic (exact) mass is 347 g/mol. The number of hydrogen-bond acceptors (Lipinski definition) is 5. The molecule has 1 atom stereocenters. The number of thiazole rings is 1. The second kappa shape index (κ2) is 6.76. The van der Waals surface area contributed by atoms with Gasteiger partial charge in [-0.25, -0.2) is 9.78 Å². The number of rotatable bonds is 5. The van der Waals surface area contributed by atoms with Crippen molar-refractivity contribution < 1.29 is 14.3 Å². The summed E-state index contributed by atoms with van der Waals surface area (Å²) in [5.41, 5.74) is 2.27. The molecule has 0 spiro atoms. The van der Waals surface area contributed by atoms with E-state index in [1.54, 1.807) is 26.9 Å². The zero-order valence-electron chi connectivity index (χ0n) is 14.1. The normalized spacial score (nSPS) is 17.5. The zero-order valence-corrected chi connectivity index (χ0v) is 14.9. The van der Waals surface area contributed by atoms with Gasteiger partial charge in [-0.15, -0.1) is 11.3 Å². The molecule has 1 saturated heterocycles. The molecule has 2 aromatic rings. The molecule has 128 valence electrons.